The highest BCUT2D eigenvalue weighted by Gasteiger charge is 2.40. The quantitative estimate of drug-likeness (QED) is 0.596. The molecule has 1 aliphatic carbocycles. The van der Waals surface area contributed by atoms with Crippen molar-refractivity contribution in [2.45, 2.75) is 46.5 Å². The summed E-state index contributed by atoms with van der Waals surface area (Å²) in [7, 11) is 0. The van der Waals surface area contributed by atoms with Gasteiger partial charge in [0.05, 0.1) is 0 Å². The number of hydrogen-bond acceptors (Lipinski definition) is 1. The molecule has 74 valence electrons. The largest absolute Gasteiger partial charge is 0.299 e. The van der Waals surface area contributed by atoms with Crippen LogP contribution in [0.3, 0.4) is 0 Å². The Balaban J connectivity index is 2.81. The van der Waals surface area contributed by atoms with Gasteiger partial charge < -0.3 is 0 Å². The van der Waals surface area contributed by atoms with Gasteiger partial charge in [0.2, 0.25) is 0 Å². The van der Waals surface area contributed by atoms with Crippen LogP contribution in [0, 0.1) is 11.3 Å². The van der Waals surface area contributed by atoms with Gasteiger partial charge in [-0.1, -0.05) is 19.4 Å². The van der Waals surface area contributed by atoms with Gasteiger partial charge in [0.25, 0.3) is 0 Å². The Kier molecular flexibility index (Phi) is 2.94. The maximum Gasteiger partial charge on any atom is 0.139 e. The molecule has 2 atom stereocenters. The monoisotopic (exact) mass is 180 g/mol. The van der Waals surface area contributed by atoms with E-state index < -0.39 is 0 Å². The van der Waals surface area contributed by atoms with Crippen molar-refractivity contribution in [3.05, 3.63) is 12.2 Å². The zero-order valence-corrected chi connectivity index (χ0v) is 9.02. The summed E-state index contributed by atoms with van der Waals surface area (Å²) in [5.41, 5.74) is 1.01. The highest BCUT2D eigenvalue weighted by Crippen LogP contribution is 2.42. The van der Waals surface area contributed by atoms with E-state index in [2.05, 4.69) is 20.4 Å². The maximum absolute atomic E-state index is 11.8. The Morgan fingerprint density at radius 2 is 2.31 bits per heavy atom. The lowest BCUT2D eigenvalue weighted by Crippen LogP contribution is -2.38. The lowest BCUT2D eigenvalue weighted by Gasteiger charge is -2.38. The molecule has 0 aromatic carbocycles. The van der Waals surface area contributed by atoms with Crippen molar-refractivity contribution in [3.8, 4) is 0 Å². The minimum atomic E-state index is -0.121. The number of hydrogen-bond donors (Lipinski definition) is 0. The van der Waals surface area contributed by atoms with Crippen molar-refractivity contribution in [3.63, 3.8) is 0 Å². The maximum atomic E-state index is 11.8. The highest BCUT2D eigenvalue weighted by atomic mass is 16.1. The van der Waals surface area contributed by atoms with Crippen LogP contribution in [-0.4, -0.2) is 5.78 Å². The fourth-order valence-corrected chi connectivity index (χ4v) is 2.35. The predicted octanol–water partition coefficient (Wildman–Crippen LogP) is 3.35. The standard InChI is InChI=1S/C12H20O/c1-9(2)8-12(4)10(3)6-5-7-11(12)13/h10H,1,5-8H2,2-4H3/t10-,12+/m0/s1. The van der Waals surface area contributed by atoms with Crippen molar-refractivity contribution in [2.75, 3.05) is 0 Å². The Labute approximate surface area is 81.2 Å². The van der Waals surface area contributed by atoms with E-state index in [-0.39, 0.29) is 5.41 Å². The van der Waals surface area contributed by atoms with Crippen LogP contribution in [-0.2, 0) is 4.79 Å². The number of rotatable bonds is 2. The van der Waals surface area contributed by atoms with Crippen molar-refractivity contribution < 1.29 is 4.79 Å². The Morgan fingerprint density at radius 1 is 1.69 bits per heavy atom. The average Bonchev–Trinajstić information content (AvgIpc) is 1.99. The Morgan fingerprint density at radius 3 is 2.77 bits per heavy atom. The summed E-state index contributed by atoms with van der Waals surface area (Å²) in [6.07, 6.45) is 3.91. The first-order chi connectivity index (χ1) is 5.97. The van der Waals surface area contributed by atoms with Crippen LogP contribution in [0.25, 0.3) is 0 Å². The molecule has 0 aromatic rings. The van der Waals surface area contributed by atoms with Crippen LogP contribution < -0.4 is 0 Å². The molecule has 1 aliphatic rings. The Bertz CT molecular complexity index is 229. The van der Waals surface area contributed by atoms with Gasteiger partial charge in [0.1, 0.15) is 5.78 Å². The molecular formula is C12H20O. The number of allylic oxidation sites excluding steroid dienone is 1. The molecule has 1 fully saturated rings. The smallest absolute Gasteiger partial charge is 0.139 e. The third-order valence-electron chi connectivity index (χ3n) is 3.43. The zero-order valence-electron chi connectivity index (χ0n) is 9.02. The van der Waals surface area contributed by atoms with E-state index in [1.54, 1.807) is 0 Å². The molecule has 0 radical (unpaired) electrons. The second-order valence-electron chi connectivity index (χ2n) is 4.77. The van der Waals surface area contributed by atoms with Gasteiger partial charge in [-0.15, -0.1) is 6.58 Å². The minimum absolute atomic E-state index is 0.121. The minimum Gasteiger partial charge on any atom is -0.299 e. The van der Waals surface area contributed by atoms with Gasteiger partial charge in [-0.05, 0) is 32.1 Å². The summed E-state index contributed by atoms with van der Waals surface area (Å²) in [4.78, 5) is 11.8. The van der Waals surface area contributed by atoms with E-state index in [9.17, 15) is 4.79 Å². The second kappa shape index (κ2) is 3.65. The molecule has 1 saturated carbocycles. The molecule has 0 amide bonds. The van der Waals surface area contributed by atoms with Crippen LogP contribution in [0.15, 0.2) is 12.2 Å². The number of carbonyl (C=O) groups excluding carboxylic acids is 1. The van der Waals surface area contributed by atoms with Crippen molar-refractivity contribution in [2.24, 2.45) is 11.3 Å². The number of carbonyl (C=O) groups is 1. The van der Waals surface area contributed by atoms with Gasteiger partial charge in [-0.3, -0.25) is 4.79 Å². The number of Topliss-reactive ketones (excluding diaryl/α,β-unsaturated/α-hetero) is 1. The lowest BCUT2D eigenvalue weighted by molar-refractivity contribution is -0.133. The summed E-state index contributed by atoms with van der Waals surface area (Å²) >= 11 is 0. The van der Waals surface area contributed by atoms with E-state index in [1.165, 1.54) is 6.42 Å². The zero-order chi connectivity index (χ0) is 10.1. The van der Waals surface area contributed by atoms with Gasteiger partial charge in [-0.2, -0.15) is 0 Å². The molecule has 0 saturated heterocycles. The molecule has 0 N–H and O–H groups in total. The summed E-state index contributed by atoms with van der Waals surface area (Å²) in [6.45, 7) is 10.2. The molecule has 0 bridgehead atoms. The van der Waals surface area contributed by atoms with E-state index in [1.807, 2.05) is 6.92 Å². The molecule has 1 rings (SSSR count). The molecule has 0 unspecified atom stereocenters. The molecule has 13 heavy (non-hydrogen) atoms. The molecule has 0 aromatic heterocycles. The van der Waals surface area contributed by atoms with Crippen molar-refractivity contribution in [1.29, 1.82) is 0 Å². The fraction of sp³-hybridized carbons (Fsp3) is 0.750. The SMILES string of the molecule is C=C(C)C[C@@]1(C)C(=O)CCC[C@@H]1C. The van der Waals surface area contributed by atoms with Gasteiger partial charge in [0, 0.05) is 11.8 Å². The number of ketones is 1. The third-order valence-corrected chi connectivity index (χ3v) is 3.43. The second-order valence-corrected chi connectivity index (χ2v) is 4.77. The Hall–Kier alpha value is -0.590. The molecule has 1 nitrogen and oxygen atoms in total. The normalized spacial score (nSPS) is 34.7. The van der Waals surface area contributed by atoms with Crippen LogP contribution in [0.4, 0.5) is 0 Å². The first-order valence-corrected chi connectivity index (χ1v) is 5.14. The van der Waals surface area contributed by atoms with Crippen LogP contribution in [0.5, 0.6) is 0 Å². The van der Waals surface area contributed by atoms with Gasteiger partial charge in [-0.25, -0.2) is 0 Å². The molecule has 0 spiro atoms. The van der Waals surface area contributed by atoms with E-state index in [0.29, 0.717) is 11.7 Å². The highest BCUT2D eigenvalue weighted by molar-refractivity contribution is 5.85. The molecular weight excluding hydrogens is 160 g/mol. The van der Waals surface area contributed by atoms with Gasteiger partial charge >= 0.3 is 0 Å². The van der Waals surface area contributed by atoms with E-state index in [0.717, 1.165) is 24.8 Å². The van der Waals surface area contributed by atoms with Crippen molar-refractivity contribution >= 4 is 5.78 Å². The van der Waals surface area contributed by atoms with Crippen molar-refractivity contribution in [1.82, 2.24) is 0 Å². The first kappa shape index (κ1) is 10.5. The predicted molar refractivity (Wildman–Crippen MR) is 55.6 cm³/mol. The van der Waals surface area contributed by atoms with Crippen LogP contribution >= 0.6 is 0 Å². The topological polar surface area (TPSA) is 17.1 Å². The van der Waals surface area contributed by atoms with Crippen LogP contribution in [0.1, 0.15) is 46.5 Å². The first-order valence-electron chi connectivity index (χ1n) is 5.14. The molecule has 1 heteroatoms. The van der Waals surface area contributed by atoms with E-state index >= 15 is 0 Å². The average molecular weight is 180 g/mol. The third kappa shape index (κ3) is 2.01. The van der Waals surface area contributed by atoms with E-state index in [4.69, 9.17) is 0 Å². The molecule has 0 aliphatic heterocycles. The fourth-order valence-electron chi connectivity index (χ4n) is 2.35. The summed E-state index contributed by atoms with van der Waals surface area (Å²) in [6, 6.07) is 0. The molecule has 0 heterocycles. The lowest BCUT2D eigenvalue weighted by atomic mass is 9.65. The summed E-state index contributed by atoms with van der Waals surface area (Å²) in [5, 5.41) is 0. The summed E-state index contributed by atoms with van der Waals surface area (Å²) < 4.78 is 0. The van der Waals surface area contributed by atoms with Gasteiger partial charge in [0.15, 0.2) is 0 Å². The summed E-state index contributed by atoms with van der Waals surface area (Å²) in [5.74, 6) is 0.958. The van der Waals surface area contributed by atoms with Crippen LogP contribution in [0.2, 0.25) is 0 Å².